The SMILES string of the molecule is CC.CC.[3H]c1cn(C)c2cccc(C)c12.[3H]c1cn(C)c2cccc(C)c12.[CH3-].[CH3-].[Y].[Y]. The molecule has 0 fully saturated rings. The molecule has 0 aliphatic rings. The molecule has 2 aromatic carbocycles. The number of nitrogens with zero attached hydrogens (tertiary/aromatic N) is 2. The van der Waals surface area contributed by atoms with Crippen LogP contribution in [0.1, 0.15) is 41.6 Å². The van der Waals surface area contributed by atoms with Crippen LogP contribution in [0.15, 0.2) is 60.9 Å². The predicted molar refractivity (Wildman–Crippen MR) is 131 cm³/mol. The molecule has 4 aromatic rings. The minimum absolute atomic E-state index is 0. The molecule has 2 heterocycles. The zero-order valence-corrected chi connectivity index (χ0v) is 26.3. The third kappa shape index (κ3) is 9.47. The van der Waals surface area contributed by atoms with Gasteiger partial charge < -0.3 is 24.0 Å². The van der Waals surface area contributed by atoms with Gasteiger partial charge in [-0.05, 0) is 49.2 Å². The van der Waals surface area contributed by atoms with E-state index >= 15 is 0 Å². The van der Waals surface area contributed by atoms with Crippen LogP contribution in [-0.4, -0.2) is 9.13 Å². The fourth-order valence-corrected chi connectivity index (χ4v) is 2.73. The van der Waals surface area contributed by atoms with Crippen molar-refractivity contribution in [2.75, 3.05) is 0 Å². The van der Waals surface area contributed by atoms with E-state index in [1.165, 1.54) is 11.1 Å². The standard InChI is InChI=1S/2C10H11N.2C2H6.2CH3.2Y/c2*1-8-4-3-5-10-9(8)6-7-11(10)2;2*1-2;;;;/h2*3-7H,1-2H3;2*1-2H3;2*1H3;;/q;;;;2*-1;;/i2*6T;;;;;;. The molecule has 0 spiro atoms. The average Bonchev–Trinajstić information content (AvgIpc) is 3.16. The van der Waals surface area contributed by atoms with Gasteiger partial charge in [-0.15, -0.1) is 0 Å². The van der Waals surface area contributed by atoms with Crippen LogP contribution in [0.3, 0.4) is 0 Å². The van der Waals surface area contributed by atoms with E-state index in [9.17, 15) is 0 Å². The first-order chi connectivity index (χ1) is 13.4. The molecule has 0 aliphatic heterocycles. The smallest absolute Gasteiger partial charge is 0.0645 e. The second-order valence-corrected chi connectivity index (χ2v) is 5.71. The van der Waals surface area contributed by atoms with E-state index in [0.717, 1.165) is 21.8 Å². The first-order valence-electron chi connectivity index (χ1n) is 10.4. The summed E-state index contributed by atoms with van der Waals surface area (Å²) in [7, 11) is 3.94. The third-order valence-corrected chi connectivity index (χ3v) is 4.07. The molecule has 0 aliphatic carbocycles. The van der Waals surface area contributed by atoms with Crippen molar-refractivity contribution in [1.29, 1.82) is 0 Å². The first-order valence-corrected chi connectivity index (χ1v) is 9.42. The second-order valence-electron chi connectivity index (χ2n) is 5.71. The molecule has 0 saturated heterocycles. The number of aromatic nitrogens is 2. The summed E-state index contributed by atoms with van der Waals surface area (Å²) in [5.41, 5.74) is 4.64. The maximum atomic E-state index is 7.70. The molecule has 30 heavy (non-hydrogen) atoms. The Labute approximate surface area is 239 Å². The van der Waals surface area contributed by atoms with Gasteiger partial charge in [-0.1, -0.05) is 52.0 Å². The largest absolute Gasteiger partial charge is 0.358 e. The van der Waals surface area contributed by atoms with Crippen molar-refractivity contribution >= 4 is 21.8 Å². The van der Waals surface area contributed by atoms with Crippen LogP contribution in [0.25, 0.3) is 21.8 Å². The van der Waals surface area contributed by atoms with E-state index in [1.807, 2.05) is 114 Å². The number of aryl methyl sites for hydroxylation is 4. The van der Waals surface area contributed by atoms with Crippen LogP contribution < -0.4 is 0 Å². The van der Waals surface area contributed by atoms with E-state index in [2.05, 4.69) is 0 Å². The molecule has 2 aromatic heterocycles. The Morgan fingerprint density at radius 2 is 0.933 bits per heavy atom. The van der Waals surface area contributed by atoms with Crippen LogP contribution >= 0.6 is 0 Å². The van der Waals surface area contributed by atoms with E-state index in [-0.39, 0.29) is 80.3 Å². The van der Waals surface area contributed by atoms with Crippen LogP contribution in [0, 0.1) is 28.7 Å². The number of benzene rings is 2. The summed E-state index contributed by atoms with van der Waals surface area (Å²) in [5, 5.41) is 2.14. The molecular weight excluding hydrogens is 518 g/mol. The molecule has 0 atom stereocenters. The number of hydrogen-bond donors (Lipinski definition) is 0. The zero-order chi connectivity index (χ0) is 21.4. The summed E-state index contributed by atoms with van der Waals surface area (Å²) in [6, 6.07) is 13.5. The molecule has 0 amide bonds. The van der Waals surface area contributed by atoms with Gasteiger partial charge >= 0.3 is 0 Å². The Morgan fingerprint density at radius 3 is 1.20 bits per heavy atom. The van der Waals surface area contributed by atoms with Gasteiger partial charge in [0.15, 0.2) is 0 Å². The van der Waals surface area contributed by atoms with Crippen molar-refractivity contribution in [3.63, 3.8) is 0 Å². The van der Waals surface area contributed by atoms with E-state index in [4.69, 9.17) is 2.74 Å². The van der Waals surface area contributed by atoms with Gasteiger partial charge in [-0.25, -0.2) is 0 Å². The molecule has 4 rings (SSSR count). The summed E-state index contributed by atoms with van der Waals surface area (Å²) in [5.74, 6) is 0. The van der Waals surface area contributed by atoms with Gasteiger partial charge in [0.25, 0.3) is 0 Å². The second kappa shape index (κ2) is 19.4. The van der Waals surface area contributed by atoms with Crippen molar-refractivity contribution in [1.82, 2.24) is 9.13 Å². The Hall–Kier alpha value is -0.272. The summed E-state index contributed by atoms with van der Waals surface area (Å²) < 4.78 is 19.4. The molecule has 2 nitrogen and oxygen atoms in total. The van der Waals surface area contributed by atoms with Crippen LogP contribution in [0.4, 0.5) is 0 Å². The Kier molecular flexibility index (Phi) is 20.7. The van der Waals surface area contributed by atoms with Gasteiger partial charge in [0.1, 0.15) is 0 Å². The van der Waals surface area contributed by atoms with Gasteiger partial charge in [0.2, 0.25) is 0 Å². The molecule has 0 saturated carbocycles. The van der Waals surface area contributed by atoms with E-state index in [1.54, 1.807) is 0 Å². The van der Waals surface area contributed by atoms with Crippen molar-refractivity contribution in [2.24, 2.45) is 14.1 Å². The van der Waals surface area contributed by atoms with Gasteiger partial charge in [-0.2, -0.15) is 0 Å². The molecule has 162 valence electrons. The van der Waals surface area contributed by atoms with Gasteiger partial charge in [0.05, 0.1) is 2.74 Å². The Morgan fingerprint density at radius 1 is 0.633 bits per heavy atom. The zero-order valence-electron chi connectivity index (χ0n) is 22.7. The Bertz CT molecular complexity index is 953. The molecule has 0 unspecified atom stereocenters. The monoisotopic (exact) mass is 562 g/mol. The topological polar surface area (TPSA) is 9.86 Å². The first kappa shape index (κ1) is 31.9. The van der Waals surface area contributed by atoms with Crippen molar-refractivity contribution in [2.45, 2.75) is 41.5 Å². The third-order valence-electron chi connectivity index (χ3n) is 4.07. The fourth-order valence-electron chi connectivity index (χ4n) is 2.73. The minimum atomic E-state index is 0. The van der Waals surface area contributed by atoms with Crippen LogP contribution in [0.2, 0.25) is 0 Å². The summed E-state index contributed by atoms with van der Waals surface area (Å²) in [6.45, 7) is 12.1. The van der Waals surface area contributed by atoms with Crippen molar-refractivity contribution in [3.05, 3.63) is 86.9 Å². The maximum Gasteiger partial charge on any atom is 0.0645 e. The van der Waals surface area contributed by atoms with Crippen molar-refractivity contribution in [3.8, 4) is 0 Å². The Balaban J connectivity index is -0.000000191. The van der Waals surface area contributed by atoms with E-state index in [0.29, 0.717) is 12.1 Å². The average molecular weight is 562 g/mol. The molecular formula is C26H40N2Y2-2. The fraction of sp³-hybridized carbons (Fsp3) is 0.308. The normalized spacial score (nSPS) is 9.20. The summed E-state index contributed by atoms with van der Waals surface area (Å²) in [6.07, 6.45) is 3.69. The predicted octanol–water partition coefficient (Wildman–Crippen LogP) is 7.92. The van der Waals surface area contributed by atoms with Crippen LogP contribution in [0.5, 0.6) is 0 Å². The molecule has 2 radical (unpaired) electrons. The number of hydrogen-bond acceptors (Lipinski definition) is 0. The maximum absolute atomic E-state index is 7.70. The number of fused-ring (bicyclic) bond motifs is 2. The van der Waals surface area contributed by atoms with E-state index < -0.39 is 0 Å². The quantitative estimate of drug-likeness (QED) is 0.193. The molecule has 0 bridgehead atoms. The minimum Gasteiger partial charge on any atom is -0.358 e. The van der Waals surface area contributed by atoms with Crippen LogP contribution in [-0.2, 0) is 79.5 Å². The van der Waals surface area contributed by atoms with Gasteiger partial charge in [0, 0.05) is 114 Å². The summed E-state index contributed by atoms with van der Waals surface area (Å²) in [4.78, 5) is 0. The summed E-state index contributed by atoms with van der Waals surface area (Å²) >= 11 is 0. The van der Waals surface area contributed by atoms with Crippen molar-refractivity contribution < 1.29 is 68.2 Å². The molecule has 0 N–H and O–H groups in total. The number of rotatable bonds is 0. The van der Waals surface area contributed by atoms with Gasteiger partial charge in [-0.3, -0.25) is 0 Å². The molecule has 4 heteroatoms.